The monoisotopic (exact) mass is 656 g/mol. The van der Waals surface area contributed by atoms with Crippen LogP contribution in [0.25, 0.3) is 17.1 Å². The Morgan fingerprint density at radius 3 is 2.46 bits per heavy atom. The van der Waals surface area contributed by atoms with Crippen molar-refractivity contribution in [2.45, 2.75) is 51.7 Å². The number of hydrogen-bond donors (Lipinski definition) is 2. The van der Waals surface area contributed by atoms with Crippen molar-refractivity contribution >= 4 is 28.5 Å². The van der Waals surface area contributed by atoms with Gasteiger partial charge in [0, 0.05) is 5.56 Å². The second-order valence-corrected chi connectivity index (χ2v) is 11.9. The summed E-state index contributed by atoms with van der Waals surface area (Å²) in [5.41, 5.74) is 3.60. The number of rotatable bonds is 11. The second-order valence-electron chi connectivity index (χ2n) is 11.0. The SMILES string of the molecule is CC(C)c1cc(F)ccc1N1C(=O)CS/C1=N\C(O)NCCC(C)c1ccc(-c2ncn(-c3ccc(OC(F)(F)F)cc3)n2)cc1. The maximum absolute atomic E-state index is 13.9. The topological polar surface area (TPSA) is 105 Å². The van der Waals surface area contributed by atoms with E-state index in [1.165, 1.54) is 64.1 Å². The van der Waals surface area contributed by atoms with Gasteiger partial charge < -0.3 is 9.84 Å². The third-order valence-electron chi connectivity index (χ3n) is 7.32. The number of aliphatic imine (C=N–C) groups is 1. The molecule has 0 saturated carbocycles. The Bertz CT molecular complexity index is 1690. The Morgan fingerprint density at radius 2 is 1.78 bits per heavy atom. The third kappa shape index (κ3) is 8.11. The number of hydrogen-bond acceptors (Lipinski definition) is 8. The number of alkyl halides is 3. The van der Waals surface area contributed by atoms with Crippen molar-refractivity contribution in [3.63, 3.8) is 0 Å². The van der Waals surface area contributed by atoms with E-state index in [1.807, 2.05) is 38.1 Å². The smallest absolute Gasteiger partial charge is 0.406 e. The van der Waals surface area contributed by atoms with Gasteiger partial charge in [-0.3, -0.25) is 15.0 Å². The van der Waals surface area contributed by atoms with Crippen molar-refractivity contribution in [2.24, 2.45) is 4.99 Å². The van der Waals surface area contributed by atoms with Crippen LogP contribution in [0.2, 0.25) is 0 Å². The predicted molar refractivity (Wildman–Crippen MR) is 168 cm³/mol. The molecule has 1 aromatic heterocycles. The van der Waals surface area contributed by atoms with Crippen molar-refractivity contribution in [2.75, 3.05) is 17.2 Å². The number of nitrogens with one attached hydrogen (secondary N) is 1. The highest BCUT2D eigenvalue weighted by Crippen LogP contribution is 2.34. The lowest BCUT2D eigenvalue weighted by Gasteiger charge is -2.22. The van der Waals surface area contributed by atoms with Gasteiger partial charge in [-0.05, 0) is 78.4 Å². The molecule has 3 aromatic carbocycles. The van der Waals surface area contributed by atoms with Gasteiger partial charge in [-0.1, -0.05) is 56.8 Å². The number of amides is 1. The van der Waals surface area contributed by atoms with Crippen LogP contribution in [-0.4, -0.2) is 56.0 Å². The summed E-state index contributed by atoms with van der Waals surface area (Å²) in [7, 11) is 0. The number of aliphatic hydroxyl groups excluding tert-OH is 1. The summed E-state index contributed by atoms with van der Waals surface area (Å²) in [5, 5.41) is 18.4. The first-order chi connectivity index (χ1) is 21.9. The highest BCUT2D eigenvalue weighted by atomic mass is 32.2. The van der Waals surface area contributed by atoms with Crippen LogP contribution >= 0.6 is 11.8 Å². The van der Waals surface area contributed by atoms with Crippen LogP contribution in [0.4, 0.5) is 23.2 Å². The number of halogens is 4. The summed E-state index contributed by atoms with van der Waals surface area (Å²) < 4.78 is 56.5. The minimum Gasteiger partial charge on any atom is -0.406 e. The summed E-state index contributed by atoms with van der Waals surface area (Å²) >= 11 is 1.22. The van der Waals surface area contributed by atoms with E-state index in [1.54, 1.807) is 6.07 Å². The van der Waals surface area contributed by atoms with E-state index >= 15 is 0 Å². The summed E-state index contributed by atoms with van der Waals surface area (Å²) in [6, 6.07) is 17.3. The van der Waals surface area contributed by atoms with Gasteiger partial charge >= 0.3 is 6.36 Å². The minimum absolute atomic E-state index is 0.0197. The molecule has 1 amide bonds. The van der Waals surface area contributed by atoms with Crippen LogP contribution in [-0.2, 0) is 4.79 Å². The maximum atomic E-state index is 13.9. The van der Waals surface area contributed by atoms with Gasteiger partial charge in [-0.2, -0.15) is 0 Å². The Kier molecular flexibility index (Phi) is 10.1. The molecule has 2 N–H and O–H groups in total. The van der Waals surface area contributed by atoms with Crippen molar-refractivity contribution in [3.8, 4) is 22.8 Å². The van der Waals surface area contributed by atoms with E-state index in [0.717, 1.165) is 11.1 Å². The van der Waals surface area contributed by atoms with Gasteiger partial charge in [0.2, 0.25) is 12.3 Å². The third-order valence-corrected chi connectivity index (χ3v) is 8.26. The molecular weight excluding hydrogens is 624 g/mol. The number of amidine groups is 1. The number of carbonyl (C=O) groups is 1. The Hall–Kier alpha value is -4.27. The number of thioether (sulfide) groups is 1. The van der Waals surface area contributed by atoms with Crippen LogP contribution in [0.3, 0.4) is 0 Å². The molecule has 46 heavy (non-hydrogen) atoms. The summed E-state index contributed by atoms with van der Waals surface area (Å²) in [6.45, 7) is 6.35. The molecular formula is C32H32F4N6O3S. The zero-order valence-corrected chi connectivity index (χ0v) is 26.0. The molecule has 1 fully saturated rings. The molecule has 0 spiro atoms. The number of ether oxygens (including phenoxy) is 1. The molecule has 14 heteroatoms. The van der Waals surface area contributed by atoms with Gasteiger partial charge in [0.25, 0.3) is 0 Å². The second kappa shape index (κ2) is 14.0. The molecule has 0 bridgehead atoms. The molecule has 1 aliphatic heterocycles. The number of benzene rings is 3. The van der Waals surface area contributed by atoms with Gasteiger partial charge in [0.15, 0.2) is 11.0 Å². The van der Waals surface area contributed by atoms with Gasteiger partial charge in [0.1, 0.15) is 17.9 Å². The molecule has 0 aliphatic carbocycles. The molecule has 9 nitrogen and oxygen atoms in total. The molecule has 242 valence electrons. The predicted octanol–water partition coefficient (Wildman–Crippen LogP) is 6.59. The largest absolute Gasteiger partial charge is 0.573 e. The molecule has 2 atom stereocenters. The summed E-state index contributed by atoms with van der Waals surface area (Å²) in [6.07, 6.45) is -3.83. The lowest BCUT2D eigenvalue weighted by atomic mass is 9.96. The van der Waals surface area contributed by atoms with E-state index in [-0.39, 0.29) is 35.1 Å². The molecule has 2 unspecified atom stereocenters. The zero-order valence-electron chi connectivity index (χ0n) is 25.2. The van der Waals surface area contributed by atoms with Crippen LogP contribution in [0.15, 0.2) is 78.0 Å². The zero-order chi connectivity index (χ0) is 33.0. The Labute approximate surface area is 267 Å². The van der Waals surface area contributed by atoms with Crippen LogP contribution in [0, 0.1) is 5.82 Å². The average molecular weight is 657 g/mol. The fourth-order valence-electron chi connectivity index (χ4n) is 4.91. The van der Waals surface area contributed by atoms with E-state index < -0.39 is 12.7 Å². The van der Waals surface area contributed by atoms with Gasteiger partial charge in [-0.15, -0.1) is 18.3 Å². The lowest BCUT2D eigenvalue weighted by molar-refractivity contribution is -0.274. The van der Waals surface area contributed by atoms with Crippen molar-refractivity contribution < 1.29 is 32.2 Å². The van der Waals surface area contributed by atoms with Crippen LogP contribution in [0.5, 0.6) is 5.75 Å². The molecule has 4 aromatic rings. The first-order valence-corrected chi connectivity index (χ1v) is 15.5. The standard InChI is InChI=1S/C32H32F4N6O3S/c1-19(2)26-16-23(33)8-13-27(26)42-28(43)17-46-31(42)39-30(44)37-15-14-20(3)21-4-6-22(7-5-21)29-38-18-41(40-29)24-9-11-25(12-10-24)45-32(34,35)36/h4-13,16,18-20,30,37,44H,14-15,17H2,1-3H3/b39-31-. The van der Waals surface area contributed by atoms with Gasteiger partial charge in [0.05, 0.1) is 17.1 Å². The van der Waals surface area contributed by atoms with E-state index in [0.29, 0.717) is 40.9 Å². The number of carbonyl (C=O) groups excluding carboxylic acids is 1. The van der Waals surface area contributed by atoms with E-state index in [4.69, 9.17) is 0 Å². The van der Waals surface area contributed by atoms with Crippen molar-refractivity contribution in [1.29, 1.82) is 0 Å². The fraction of sp³-hybridized carbons (Fsp3) is 0.312. The highest BCUT2D eigenvalue weighted by molar-refractivity contribution is 8.15. The Balaban J connectivity index is 1.16. The minimum atomic E-state index is -4.76. The normalized spacial score (nSPS) is 16.0. The highest BCUT2D eigenvalue weighted by Gasteiger charge is 2.33. The van der Waals surface area contributed by atoms with Crippen molar-refractivity contribution in [1.82, 2.24) is 20.1 Å². The van der Waals surface area contributed by atoms with Crippen LogP contribution < -0.4 is 15.0 Å². The molecule has 2 heterocycles. The summed E-state index contributed by atoms with van der Waals surface area (Å²) in [5.74, 6) is -0.137. The average Bonchev–Trinajstić information content (AvgIpc) is 3.64. The summed E-state index contributed by atoms with van der Waals surface area (Å²) in [4.78, 5) is 22.8. The van der Waals surface area contributed by atoms with E-state index in [9.17, 15) is 27.5 Å². The maximum Gasteiger partial charge on any atom is 0.573 e. The first-order valence-electron chi connectivity index (χ1n) is 14.5. The van der Waals surface area contributed by atoms with Gasteiger partial charge in [-0.25, -0.2) is 19.0 Å². The Morgan fingerprint density at radius 1 is 1.07 bits per heavy atom. The number of anilines is 1. The number of aromatic nitrogens is 3. The quantitative estimate of drug-likeness (QED) is 0.139. The molecule has 0 radical (unpaired) electrons. The molecule has 5 rings (SSSR count). The van der Waals surface area contributed by atoms with Crippen molar-refractivity contribution in [3.05, 3.63) is 90.0 Å². The number of nitrogens with zero attached hydrogens (tertiary/aromatic N) is 5. The lowest BCUT2D eigenvalue weighted by Crippen LogP contribution is -2.34. The fourth-order valence-corrected chi connectivity index (χ4v) is 5.80. The molecule has 1 aliphatic rings. The van der Waals surface area contributed by atoms with Crippen LogP contribution in [0.1, 0.15) is 50.2 Å². The van der Waals surface area contributed by atoms with E-state index in [2.05, 4.69) is 32.1 Å². The number of aliphatic hydroxyl groups is 1. The molecule has 1 saturated heterocycles. The first kappa shape index (κ1) is 33.1.